The summed E-state index contributed by atoms with van der Waals surface area (Å²) in [6.07, 6.45) is 5.41. The molecular weight excluding hydrogens is 276 g/mol. The predicted octanol–water partition coefficient (Wildman–Crippen LogP) is 3.75. The van der Waals surface area contributed by atoms with Gasteiger partial charge < -0.3 is 5.32 Å². The molecule has 4 heteroatoms. The van der Waals surface area contributed by atoms with Gasteiger partial charge >= 0.3 is 0 Å². The molecule has 0 radical (unpaired) electrons. The van der Waals surface area contributed by atoms with Crippen LogP contribution in [-0.2, 0) is 6.54 Å². The van der Waals surface area contributed by atoms with Crippen molar-refractivity contribution in [3.63, 3.8) is 0 Å². The molecule has 0 amide bonds. The van der Waals surface area contributed by atoms with Gasteiger partial charge in [0.15, 0.2) is 0 Å². The van der Waals surface area contributed by atoms with Crippen LogP contribution < -0.4 is 5.32 Å². The van der Waals surface area contributed by atoms with Crippen LogP contribution in [0.3, 0.4) is 0 Å². The number of hydrogen-bond donors (Lipinski definition) is 1. The fraction of sp³-hybridized carbons (Fsp3) is 0.733. The van der Waals surface area contributed by atoms with Crippen molar-refractivity contribution in [1.29, 1.82) is 0 Å². The van der Waals surface area contributed by atoms with Gasteiger partial charge in [-0.2, -0.15) is 0 Å². The van der Waals surface area contributed by atoms with Crippen molar-refractivity contribution in [2.24, 2.45) is 5.92 Å². The molecule has 0 aromatic carbocycles. The lowest BCUT2D eigenvalue weighted by molar-refractivity contribution is 0.105. The van der Waals surface area contributed by atoms with E-state index >= 15 is 0 Å². The third-order valence-electron chi connectivity index (χ3n) is 4.33. The van der Waals surface area contributed by atoms with E-state index in [0.29, 0.717) is 6.04 Å². The van der Waals surface area contributed by atoms with Gasteiger partial charge in [0.25, 0.3) is 0 Å². The van der Waals surface area contributed by atoms with E-state index in [1.165, 1.54) is 43.6 Å². The van der Waals surface area contributed by atoms with Crippen molar-refractivity contribution in [3.05, 3.63) is 21.3 Å². The Morgan fingerprint density at radius 1 is 1.42 bits per heavy atom. The highest BCUT2D eigenvalue weighted by molar-refractivity contribution is 7.16. The number of thiophene rings is 1. The zero-order valence-electron chi connectivity index (χ0n) is 11.6. The maximum absolute atomic E-state index is 6.06. The molecule has 2 nitrogen and oxygen atoms in total. The van der Waals surface area contributed by atoms with E-state index < -0.39 is 0 Å². The molecule has 1 saturated heterocycles. The monoisotopic (exact) mass is 298 g/mol. The Labute approximate surface area is 125 Å². The quantitative estimate of drug-likeness (QED) is 0.890. The van der Waals surface area contributed by atoms with Crippen LogP contribution in [0.1, 0.15) is 37.5 Å². The summed E-state index contributed by atoms with van der Waals surface area (Å²) in [5.74, 6) is 0.936. The third-order valence-corrected chi connectivity index (χ3v) is 5.55. The van der Waals surface area contributed by atoms with E-state index in [2.05, 4.69) is 23.2 Å². The Morgan fingerprint density at radius 2 is 2.26 bits per heavy atom. The van der Waals surface area contributed by atoms with Gasteiger partial charge in [0, 0.05) is 36.6 Å². The lowest BCUT2D eigenvalue weighted by Crippen LogP contribution is -2.56. The molecule has 19 heavy (non-hydrogen) atoms. The second-order valence-corrected chi connectivity index (χ2v) is 7.73. The van der Waals surface area contributed by atoms with E-state index in [1.54, 1.807) is 11.3 Å². The zero-order valence-corrected chi connectivity index (χ0v) is 13.1. The summed E-state index contributed by atoms with van der Waals surface area (Å²) < 4.78 is 0.915. The van der Waals surface area contributed by atoms with E-state index in [4.69, 9.17) is 11.6 Å². The molecule has 1 aromatic rings. The minimum Gasteiger partial charge on any atom is -0.311 e. The van der Waals surface area contributed by atoms with Crippen molar-refractivity contribution in [2.75, 3.05) is 13.1 Å². The number of halogens is 1. The highest BCUT2D eigenvalue weighted by Gasteiger charge is 2.38. The van der Waals surface area contributed by atoms with Crippen molar-refractivity contribution in [3.8, 4) is 0 Å². The largest absolute Gasteiger partial charge is 0.311 e. The first kappa shape index (κ1) is 13.9. The molecule has 1 aromatic heterocycles. The molecule has 1 aliphatic carbocycles. The van der Waals surface area contributed by atoms with Crippen molar-refractivity contribution in [2.45, 2.75) is 51.2 Å². The van der Waals surface area contributed by atoms with Crippen LogP contribution in [0, 0.1) is 5.92 Å². The Kier molecular flexibility index (Phi) is 4.47. The molecule has 1 N–H and O–H groups in total. The Bertz CT molecular complexity index is 416. The van der Waals surface area contributed by atoms with Crippen LogP contribution in [0.2, 0.25) is 4.34 Å². The Hall–Kier alpha value is -0.0900. The highest BCUT2D eigenvalue weighted by Crippen LogP contribution is 2.37. The Balaban J connectivity index is 1.66. The van der Waals surface area contributed by atoms with E-state index in [0.717, 1.165) is 22.8 Å². The van der Waals surface area contributed by atoms with Crippen LogP contribution in [-0.4, -0.2) is 30.1 Å². The molecule has 2 aliphatic rings. The predicted molar refractivity (Wildman–Crippen MR) is 82.9 cm³/mol. The number of rotatable bonds is 5. The molecule has 1 saturated carbocycles. The number of nitrogens with one attached hydrogen (secondary N) is 1. The SMILES string of the molecule is CCCC1CN(Cc2ccc(Cl)s2)C(C2CC2)CN1. The molecule has 0 bridgehead atoms. The molecule has 106 valence electrons. The number of piperazine rings is 1. The summed E-state index contributed by atoms with van der Waals surface area (Å²) in [4.78, 5) is 4.12. The summed E-state index contributed by atoms with van der Waals surface area (Å²) in [5, 5.41) is 3.75. The second-order valence-electron chi connectivity index (χ2n) is 5.93. The summed E-state index contributed by atoms with van der Waals surface area (Å²) in [6, 6.07) is 5.64. The second kappa shape index (κ2) is 6.13. The smallest absolute Gasteiger partial charge is 0.0931 e. The summed E-state index contributed by atoms with van der Waals surface area (Å²) in [6.45, 7) is 5.73. The molecule has 1 aliphatic heterocycles. The van der Waals surface area contributed by atoms with Crippen LogP contribution in [0.15, 0.2) is 12.1 Å². The molecule has 0 spiro atoms. The fourth-order valence-corrected chi connectivity index (χ4v) is 4.32. The lowest BCUT2D eigenvalue weighted by atomic mass is 10.0. The molecular formula is C15H23ClN2S. The van der Waals surface area contributed by atoms with Gasteiger partial charge in [0.1, 0.15) is 0 Å². The first-order chi connectivity index (χ1) is 9.26. The van der Waals surface area contributed by atoms with Crippen LogP contribution >= 0.6 is 22.9 Å². The third kappa shape index (κ3) is 3.52. The van der Waals surface area contributed by atoms with Gasteiger partial charge in [-0.3, -0.25) is 4.90 Å². The highest BCUT2D eigenvalue weighted by atomic mass is 35.5. The average Bonchev–Trinajstić information content (AvgIpc) is 3.14. The van der Waals surface area contributed by atoms with Gasteiger partial charge in [0.05, 0.1) is 4.34 Å². The molecule has 3 rings (SSSR count). The number of hydrogen-bond acceptors (Lipinski definition) is 3. The average molecular weight is 299 g/mol. The van der Waals surface area contributed by atoms with E-state index in [1.807, 2.05) is 6.07 Å². The van der Waals surface area contributed by atoms with Gasteiger partial charge in [-0.25, -0.2) is 0 Å². The minimum absolute atomic E-state index is 0.676. The van der Waals surface area contributed by atoms with Gasteiger partial charge in [-0.1, -0.05) is 24.9 Å². The maximum Gasteiger partial charge on any atom is 0.0931 e. The summed E-state index contributed by atoms with van der Waals surface area (Å²) >= 11 is 7.79. The van der Waals surface area contributed by atoms with Crippen molar-refractivity contribution in [1.82, 2.24) is 10.2 Å². The van der Waals surface area contributed by atoms with Gasteiger partial charge in [0.2, 0.25) is 0 Å². The number of nitrogens with zero attached hydrogens (tertiary/aromatic N) is 1. The molecule has 2 atom stereocenters. The maximum atomic E-state index is 6.06. The molecule has 2 fully saturated rings. The minimum atomic E-state index is 0.676. The zero-order chi connectivity index (χ0) is 13.2. The normalized spacial score (nSPS) is 28.7. The lowest BCUT2D eigenvalue weighted by Gasteiger charge is -2.40. The summed E-state index contributed by atoms with van der Waals surface area (Å²) in [7, 11) is 0. The standard InChI is InChI=1S/C15H23ClN2S/c1-2-3-12-9-18(10-13-6-7-15(16)19-13)14(8-17-12)11-4-5-11/h6-7,11-12,14,17H,2-5,8-10H2,1H3. The van der Waals surface area contributed by atoms with Crippen molar-refractivity contribution >= 4 is 22.9 Å². The Morgan fingerprint density at radius 3 is 2.89 bits per heavy atom. The van der Waals surface area contributed by atoms with Crippen molar-refractivity contribution < 1.29 is 0 Å². The first-order valence-electron chi connectivity index (χ1n) is 7.48. The first-order valence-corrected chi connectivity index (χ1v) is 8.67. The fourth-order valence-electron chi connectivity index (χ4n) is 3.21. The van der Waals surface area contributed by atoms with E-state index in [-0.39, 0.29) is 0 Å². The summed E-state index contributed by atoms with van der Waals surface area (Å²) in [5.41, 5.74) is 0. The van der Waals surface area contributed by atoms with E-state index in [9.17, 15) is 0 Å². The molecule has 2 unspecified atom stereocenters. The topological polar surface area (TPSA) is 15.3 Å². The van der Waals surface area contributed by atoms with Crippen LogP contribution in [0.25, 0.3) is 0 Å². The van der Waals surface area contributed by atoms with Gasteiger partial charge in [-0.15, -0.1) is 11.3 Å². The van der Waals surface area contributed by atoms with Crippen LogP contribution in [0.4, 0.5) is 0 Å². The van der Waals surface area contributed by atoms with Crippen LogP contribution in [0.5, 0.6) is 0 Å². The molecule has 2 heterocycles. The van der Waals surface area contributed by atoms with Gasteiger partial charge in [-0.05, 0) is 37.3 Å².